The molecule has 3 rings (SSSR count). The van der Waals surface area contributed by atoms with Crippen LogP contribution in [0.25, 0.3) is 0 Å². The molecule has 4 nitrogen and oxygen atoms in total. The number of rotatable bonds is 5. The zero-order chi connectivity index (χ0) is 16.7. The van der Waals surface area contributed by atoms with Crippen LogP contribution in [-0.4, -0.2) is 37.0 Å². The van der Waals surface area contributed by atoms with Crippen molar-refractivity contribution in [3.8, 4) is 0 Å². The number of carbonyl (C=O) groups is 2. The monoisotopic (exact) mass is 335 g/mol. The topological polar surface area (TPSA) is 46.6 Å². The highest BCUT2D eigenvalue weighted by Gasteiger charge is 2.67. The molecular formula is C18H25NO3S. The number of ether oxygens (including phenoxy) is 1. The normalized spacial score (nSPS) is 28.1. The lowest BCUT2D eigenvalue weighted by atomic mass is 9.48. The summed E-state index contributed by atoms with van der Waals surface area (Å²) in [6, 6.07) is 4.15. The summed E-state index contributed by atoms with van der Waals surface area (Å²) < 4.78 is 5.03. The standard InChI is InChI=1S/C18H25NO3S/c1-17(2)11-18(16(21)22-3)12-19(10-14(17)18)15(20)8-4-6-13-7-5-9-23-13/h5,7,9,14H,4,6,8,10-12H2,1-3H3/t14-,18+/m1/s1. The number of hydrogen-bond acceptors (Lipinski definition) is 4. The number of thiophene rings is 1. The molecule has 2 heterocycles. The van der Waals surface area contributed by atoms with Crippen molar-refractivity contribution in [1.29, 1.82) is 0 Å². The Labute approximate surface area is 141 Å². The molecule has 0 N–H and O–H groups in total. The molecule has 126 valence electrons. The zero-order valence-electron chi connectivity index (χ0n) is 14.1. The van der Waals surface area contributed by atoms with Crippen LogP contribution < -0.4 is 0 Å². The lowest BCUT2D eigenvalue weighted by Gasteiger charge is -2.54. The number of aryl methyl sites for hydroxylation is 1. The minimum absolute atomic E-state index is 0.111. The van der Waals surface area contributed by atoms with Crippen molar-refractivity contribution < 1.29 is 14.3 Å². The predicted molar refractivity (Wildman–Crippen MR) is 90.2 cm³/mol. The number of amides is 1. The van der Waals surface area contributed by atoms with E-state index in [1.807, 2.05) is 11.0 Å². The van der Waals surface area contributed by atoms with Gasteiger partial charge in [-0.3, -0.25) is 9.59 Å². The lowest BCUT2D eigenvalue weighted by molar-refractivity contribution is -0.174. The number of nitrogens with zero attached hydrogens (tertiary/aromatic N) is 1. The summed E-state index contributed by atoms with van der Waals surface area (Å²) >= 11 is 1.74. The van der Waals surface area contributed by atoms with Crippen molar-refractivity contribution >= 4 is 23.2 Å². The van der Waals surface area contributed by atoms with E-state index in [0.29, 0.717) is 19.5 Å². The Morgan fingerprint density at radius 2 is 2.22 bits per heavy atom. The van der Waals surface area contributed by atoms with Crippen molar-refractivity contribution in [3.63, 3.8) is 0 Å². The second-order valence-corrected chi connectivity index (χ2v) is 8.61. The molecule has 0 spiro atoms. The molecule has 1 saturated heterocycles. The van der Waals surface area contributed by atoms with Crippen LogP contribution in [0.4, 0.5) is 0 Å². The molecule has 1 aromatic heterocycles. The van der Waals surface area contributed by atoms with E-state index in [0.717, 1.165) is 19.3 Å². The highest BCUT2D eigenvalue weighted by molar-refractivity contribution is 7.09. The molecule has 0 radical (unpaired) electrons. The van der Waals surface area contributed by atoms with Crippen molar-refractivity contribution in [2.75, 3.05) is 20.2 Å². The van der Waals surface area contributed by atoms with Crippen molar-refractivity contribution in [2.45, 2.75) is 39.5 Å². The SMILES string of the molecule is COC(=O)[C@@]12CN(C(=O)CCCc3cccs3)C[C@@H]1C(C)(C)C2. The second kappa shape index (κ2) is 5.93. The molecule has 23 heavy (non-hydrogen) atoms. The third kappa shape index (κ3) is 2.80. The summed E-state index contributed by atoms with van der Waals surface area (Å²) in [5.41, 5.74) is -0.345. The summed E-state index contributed by atoms with van der Waals surface area (Å²) in [6.07, 6.45) is 3.20. The highest BCUT2D eigenvalue weighted by atomic mass is 32.1. The van der Waals surface area contributed by atoms with E-state index >= 15 is 0 Å². The molecule has 2 aliphatic rings. The molecule has 2 fully saturated rings. The minimum Gasteiger partial charge on any atom is -0.469 e. The molecule has 1 aliphatic carbocycles. The zero-order valence-corrected chi connectivity index (χ0v) is 14.9. The van der Waals surface area contributed by atoms with Crippen LogP contribution in [0.3, 0.4) is 0 Å². The van der Waals surface area contributed by atoms with Crippen molar-refractivity contribution in [2.24, 2.45) is 16.7 Å². The maximum absolute atomic E-state index is 12.5. The fraction of sp³-hybridized carbons (Fsp3) is 0.667. The summed E-state index contributed by atoms with van der Waals surface area (Å²) in [7, 11) is 1.45. The molecule has 1 saturated carbocycles. The molecule has 1 aliphatic heterocycles. The predicted octanol–water partition coefficient (Wildman–Crippen LogP) is 3.12. The third-order valence-corrected chi connectivity index (χ3v) is 6.53. The first-order chi connectivity index (χ1) is 10.9. The van der Waals surface area contributed by atoms with Gasteiger partial charge in [-0.15, -0.1) is 11.3 Å². The van der Waals surface area contributed by atoms with Gasteiger partial charge >= 0.3 is 5.97 Å². The van der Waals surface area contributed by atoms with Gasteiger partial charge in [-0.2, -0.15) is 0 Å². The van der Waals surface area contributed by atoms with Crippen LogP contribution >= 0.6 is 11.3 Å². The molecular weight excluding hydrogens is 310 g/mol. The van der Waals surface area contributed by atoms with Gasteiger partial charge in [-0.25, -0.2) is 0 Å². The van der Waals surface area contributed by atoms with Gasteiger partial charge in [0.05, 0.1) is 12.5 Å². The maximum atomic E-state index is 12.5. The number of hydrogen-bond donors (Lipinski definition) is 0. The Hall–Kier alpha value is -1.36. The van der Waals surface area contributed by atoms with Gasteiger partial charge in [0.15, 0.2) is 0 Å². The van der Waals surface area contributed by atoms with E-state index in [1.54, 1.807) is 11.3 Å². The van der Waals surface area contributed by atoms with Gasteiger partial charge < -0.3 is 9.64 Å². The molecule has 1 aromatic rings. The molecule has 1 amide bonds. The van der Waals surface area contributed by atoms with Crippen LogP contribution in [0.5, 0.6) is 0 Å². The fourth-order valence-corrected chi connectivity index (χ4v) is 5.34. The minimum atomic E-state index is -0.457. The molecule has 0 unspecified atom stereocenters. The fourth-order valence-electron chi connectivity index (χ4n) is 4.59. The van der Waals surface area contributed by atoms with Gasteiger partial charge in [-0.1, -0.05) is 19.9 Å². The number of likely N-dealkylation sites (tertiary alicyclic amines) is 1. The van der Waals surface area contributed by atoms with E-state index in [4.69, 9.17) is 4.74 Å². The van der Waals surface area contributed by atoms with Crippen LogP contribution in [0, 0.1) is 16.7 Å². The Morgan fingerprint density at radius 1 is 1.43 bits per heavy atom. The van der Waals surface area contributed by atoms with E-state index in [9.17, 15) is 9.59 Å². The van der Waals surface area contributed by atoms with E-state index in [-0.39, 0.29) is 23.2 Å². The first-order valence-electron chi connectivity index (χ1n) is 8.28. The highest BCUT2D eigenvalue weighted by Crippen LogP contribution is 2.63. The van der Waals surface area contributed by atoms with Gasteiger partial charge in [0.25, 0.3) is 0 Å². The first-order valence-corrected chi connectivity index (χ1v) is 9.15. The largest absolute Gasteiger partial charge is 0.469 e. The number of fused-ring (bicyclic) bond motifs is 1. The van der Waals surface area contributed by atoms with Gasteiger partial charge in [-0.05, 0) is 42.0 Å². The van der Waals surface area contributed by atoms with Crippen molar-refractivity contribution in [1.82, 2.24) is 4.90 Å². The number of carbonyl (C=O) groups excluding carboxylic acids is 2. The maximum Gasteiger partial charge on any atom is 0.314 e. The van der Waals surface area contributed by atoms with Crippen LogP contribution in [0.15, 0.2) is 17.5 Å². The van der Waals surface area contributed by atoms with Gasteiger partial charge in [0.1, 0.15) is 0 Å². The summed E-state index contributed by atoms with van der Waals surface area (Å²) in [5.74, 6) is 0.259. The van der Waals surface area contributed by atoms with Gasteiger partial charge in [0, 0.05) is 24.4 Å². The van der Waals surface area contributed by atoms with E-state index in [2.05, 4.69) is 25.3 Å². The lowest BCUT2D eigenvalue weighted by Crippen LogP contribution is -2.57. The average Bonchev–Trinajstić information content (AvgIpc) is 3.12. The Morgan fingerprint density at radius 3 is 2.83 bits per heavy atom. The molecule has 0 aromatic carbocycles. The summed E-state index contributed by atoms with van der Waals surface area (Å²) in [6.45, 7) is 5.60. The molecule has 0 bridgehead atoms. The van der Waals surface area contributed by atoms with E-state index < -0.39 is 5.41 Å². The Balaban J connectivity index is 1.59. The quantitative estimate of drug-likeness (QED) is 0.777. The van der Waals surface area contributed by atoms with Gasteiger partial charge in [0.2, 0.25) is 5.91 Å². The summed E-state index contributed by atoms with van der Waals surface area (Å²) in [5, 5.41) is 2.07. The number of methoxy groups -OCH3 is 1. The van der Waals surface area contributed by atoms with Crippen molar-refractivity contribution in [3.05, 3.63) is 22.4 Å². The molecule has 5 heteroatoms. The summed E-state index contributed by atoms with van der Waals surface area (Å²) in [4.78, 5) is 28.0. The average molecular weight is 335 g/mol. The smallest absolute Gasteiger partial charge is 0.314 e. The van der Waals surface area contributed by atoms with E-state index in [1.165, 1.54) is 12.0 Å². The van der Waals surface area contributed by atoms with Crippen LogP contribution in [0.1, 0.15) is 38.0 Å². The van der Waals surface area contributed by atoms with Crippen LogP contribution in [0.2, 0.25) is 0 Å². The number of esters is 1. The second-order valence-electron chi connectivity index (χ2n) is 7.57. The Bertz CT molecular complexity index is 595. The third-order valence-electron chi connectivity index (χ3n) is 5.60. The van der Waals surface area contributed by atoms with Crippen LogP contribution in [-0.2, 0) is 20.7 Å². The molecule has 2 atom stereocenters. The Kier molecular flexibility index (Phi) is 4.25. The first kappa shape index (κ1) is 16.5.